The Balaban J connectivity index is 1.53. The van der Waals surface area contributed by atoms with Crippen LogP contribution < -0.4 is 15.0 Å². The van der Waals surface area contributed by atoms with Crippen LogP contribution in [0, 0.1) is 23.0 Å². The van der Waals surface area contributed by atoms with Gasteiger partial charge in [-0.25, -0.2) is 18.7 Å². The summed E-state index contributed by atoms with van der Waals surface area (Å²) in [5.41, 5.74) is 1.28. The van der Waals surface area contributed by atoms with E-state index in [9.17, 15) is 22.0 Å². The SMILES string of the molecule is N#Cc1ccc2nc(NCCC(F)(F)F)c(N3CCC(Oc4ccc(F)cc4F)CC3)nc2c1. The minimum Gasteiger partial charge on any atom is -0.487 e. The Labute approximate surface area is 192 Å². The summed E-state index contributed by atoms with van der Waals surface area (Å²) < 4.78 is 70.6. The predicted octanol–water partition coefficient (Wildman–Crippen LogP) is 5.19. The molecule has 0 radical (unpaired) electrons. The van der Waals surface area contributed by atoms with E-state index >= 15 is 0 Å². The Hall–Kier alpha value is -3.68. The maximum atomic E-state index is 13.9. The fourth-order valence-corrected chi connectivity index (χ4v) is 3.71. The number of fused-ring (bicyclic) bond motifs is 1. The van der Waals surface area contributed by atoms with Crippen LogP contribution in [0.2, 0.25) is 0 Å². The van der Waals surface area contributed by atoms with Gasteiger partial charge in [0.05, 0.1) is 29.1 Å². The number of benzene rings is 2. The molecule has 1 aliphatic rings. The van der Waals surface area contributed by atoms with Crippen LogP contribution in [0.1, 0.15) is 24.8 Å². The van der Waals surface area contributed by atoms with E-state index in [1.54, 1.807) is 18.2 Å². The van der Waals surface area contributed by atoms with Gasteiger partial charge in [0.2, 0.25) is 0 Å². The fourth-order valence-electron chi connectivity index (χ4n) is 3.71. The molecule has 2 heterocycles. The summed E-state index contributed by atoms with van der Waals surface area (Å²) in [6.45, 7) is 0.496. The zero-order valence-electron chi connectivity index (χ0n) is 17.9. The second-order valence-electron chi connectivity index (χ2n) is 7.88. The minimum atomic E-state index is -4.32. The summed E-state index contributed by atoms with van der Waals surface area (Å²) >= 11 is 0. The van der Waals surface area contributed by atoms with Gasteiger partial charge >= 0.3 is 6.18 Å². The molecule has 34 heavy (non-hydrogen) atoms. The fraction of sp³-hybridized carbons (Fsp3) is 0.348. The van der Waals surface area contributed by atoms with Gasteiger partial charge in [-0.3, -0.25) is 0 Å². The van der Waals surface area contributed by atoms with Crippen LogP contribution in [0.4, 0.5) is 33.6 Å². The largest absolute Gasteiger partial charge is 0.487 e. The van der Waals surface area contributed by atoms with Crippen LogP contribution in [-0.4, -0.2) is 41.9 Å². The molecule has 1 fully saturated rings. The zero-order chi connectivity index (χ0) is 24.3. The van der Waals surface area contributed by atoms with Crippen LogP contribution in [-0.2, 0) is 0 Å². The lowest BCUT2D eigenvalue weighted by Crippen LogP contribution is -2.39. The molecule has 2 aromatic carbocycles. The number of piperidine rings is 1. The van der Waals surface area contributed by atoms with Crippen molar-refractivity contribution in [3.8, 4) is 11.8 Å². The zero-order valence-corrected chi connectivity index (χ0v) is 17.9. The van der Waals surface area contributed by atoms with Gasteiger partial charge in [0.25, 0.3) is 0 Å². The minimum absolute atomic E-state index is 0.0381. The monoisotopic (exact) mass is 477 g/mol. The molecule has 0 amide bonds. The molecule has 1 aromatic heterocycles. The van der Waals surface area contributed by atoms with E-state index in [0.29, 0.717) is 48.3 Å². The smallest absolute Gasteiger partial charge is 0.390 e. The first-order valence-electron chi connectivity index (χ1n) is 10.6. The first kappa shape index (κ1) is 23.5. The van der Waals surface area contributed by atoms with E-state index in [1.807, 2.05) is 11.0 Å². The standard InChI is InChI=1S/C23H20F5N5O/c24-15-2-4-20(17(25)12-15)34-16-5-9-33(10-6-16)22-21(30-8-7-23(26,27)28)31-18-3-1-14(13-29)11-19(18)32-22/h1-4,11-12,16H,5-10H2,(H,30,31). The van der Waals surface area contributed by atoms with Crippen LogP contribution in [0.15, 0.2) is 36.4 Å². The Morgan fingerprint density at radius 2 is 1.82 bits per heavy atom. The number of nitrogens with zero attached hydrogens (tertiary/aromatic N) is 4. The third kappa shape index (κ3) is 5.62. The number of anilines is 2. The Morgan fingerprint density at radius 1 is 1.06 bits per heavy atom. The molecule has 1 saturated heterocycles. The number of nitrogens with one attached hydrogen (secondary N) is 1. The van der Waals surface area contributed by atoms with E-state index in [-0.39, 0.29) is 24.2 Å². The molecule has 6 nitrogen and oxygen atoms in total. The van der Waals surface area contributed by atoms with Gasteiger partial charge in [-0.05, 0) is 30.3 Å². The van der Waals surface area contributed by atoms with Crippen molar-refractivity contribution in [1.29, 1.82) is 5.26 Å². The maximum absolute atomic E-state index is 13.9. The van der Waals surface area contributed by atoms with Crippen molar-refractivity contribution in [2.75, 3.05) is 29.9 Å². The molecule has 1 aliphatic heterocycles. The lowest BCUT2D eigenvalue weighted by atomic mass is 10.1. The molecule has 0 atom stereocenters. The molecule has 178 valence electrons. The highest BCUT2D eigenvalue weighted by Crippen LogP contribution is 2.30. The van der Waals surface area contributed by atoms with Crippen molar-refractivity contribution < 1.29 is 26.7 Å². The molecule has 1 N–H and O–H groups in total. The third-order valence-electron chi connectivity index (χ3n) is 5.40. The summed E-state index contributed by atoms with van der Waals surface area (Å²) in [5.74, 6) is -0.933. The topological polar surface area (TPSA) is 74.1 Å². The van der Waals surface area contributed by atoms with Gasteiger partial charge in [-0.2, -0.15) is 18.4 Å². The Bertz CT molecular complexity index is 1220. The highest BCUT2D eigenvalue weighted by atomic mass is 19.4. The summed E-state index contributed by atoms with van der Waals surface area (Å²) in [7, 11) is 0. The summed E-state index contributed by atoms with van der Waals surface area (Å²) in [6, 6.07) is 9.86. The average Bonchev–Trinajstić information content (AvgIpc) is 2.80. The van der Waals surface area contributed by atoms with Crippen molar-refractivity contribution in [1.82, 2.24) is 9.97 Å². The molecular weight excluding hydrogens is 457 g/mol. The number of rotatable bonds is 6. The van der Waals surface area contributed by atoms with Gasteiger partial charge in [0, 0.05) is 38.5 Å². The molecule has 0 saturated carbocycles. The lowest BCUT2D eigenvalue weighted by molar-refractivity contribution is -0.131. The summed E-state index contributed by atoms with van der Waals surface area (Å²) in [4.78, 5) is 10.9. The van der Waals surface area contributed by atoms with Crippen LogP contribution in [0.3, 0.4) is 0 Å². The molecule has 0 aliphatic carbocycles. The van der Waals surface area contributed by atoms with Crippen molar-refractivity contribution in [2.45, 2.75) is 31.5 Å². The van der Waals surface area contributed by atoms with Gasteiger partial charge in [0.1, 0.15) is 11.9 Å². The van der Waals surface area contributed by atoms with E-state index in [0.717, 1.165) is 12.1 Å². The second-order valence-corrected chi connectivity index (χ2v) is 7.88. The van der Waals surface area contributed by atoms with E-state index in [2.05, 4.69) is 15.3 Å². The van der Waals surface area contributed by atoms with E-state index < -0.39 is 24.2 Å². The first-order valence-corrected chi connectivity index (χ1v) is 10.6. The Kier molecular flexibility index (Phi) is 6.68. The maximum Gasteiger partial charge on any atom is 0.390 e. The lowest BCUT2D eigenvalue weighted by Gasteiger charge is -2.33. The number of halogens is 5. The third-order valence-corrected chi connectivity index (χ3v) is 5.40. The summed E-state index contributed by atoms with van der Waals surface area (Å²) in [6.07, 6.45) is -4.70. The quantitative estimate of drug-likeness (QED) is 0.493. The number of ether oxygens (including phenoxy) is 1. The number of alkyl halides is 3. The normalized spacial score (nSPS) is 14.8. The molecule has 4 rings (SSSR count). The molecule has 11 heteroatoms. The van der Waals surface area contributed by atoms with Crippen molar-refractivity contribution >= 4 is 22.7 Å². The van der Waals surface area contributed by atoms with Gasteiger partial charge in [-0.1, -0.05) is 0 Å². The number of aromatic nitrogens is 2. The van der Waals surface area contributed by atoms with Gasteiger partial charge < -0.3 is 15.0 Å². The molecular formula is C23H20F5N5O. The average molecular weight is 477 g/mol. The molecule has 0 bridgehead atoms. The molecule has 0 unspecified atom stereocenters. The molecule has 3 aromatic rings. The molecule has 0 spiro atoms. The number of nitriles is 1. The van der Waals surface area contributed by atoms with Crippen molar-refractivity contribution in [3.05, 3.63) is 53.6 Å². The van der Waals surface area contributed by atoms with E-state index in [1.165, 1.54) is 6.07 Å². The van der Waals surface area contributed by atoms with Crippen molar-refractivity contribution in [3.63, 3.8) is 0 Å². The Morgan fingerprint density at radius 3 is 2.50 bits per heavy atom. The van der Waals surface area contributed by atoms with Crippen LogP contribution in [0.5, 0.6) is 5.75 Å². The highest BCUT2D eigenvalue weighted by molar-refractivity contribution is 5.81. The van der Waals surface area contributed by atoms with Gasteiger partial charge in [-0.15, -0.1) is 0 Å². The van der Waals surface area contributed by atoms with Gasteiger partial charge in [0.15, 0.2) is 23.2 Å². The summed E-state index contributed by atoms with van der Waals surface area (Å²) in [5, 5.41) is 11.9. The number of hydrogen-bond acceptors (Lipinski definition) is 6. The highest BCUT2D eigenvalue weighted by Gasteiger charge is 2.28. The second kappa shape index (κ2) is 9.67. The van der Waals surface area contributed by atoms with Crippen molar-refractivity contribution in [2.24, 2.45) is 0 Å². The predicted molar refractivity (Wildman–Crippen MR) is 116 cm³/mol. The van der Waals surface area contributed by atoms with Crippen LogP contribution in [0.25, 0.3) is 11.0 Å². The number of hydrogen-bond donors (Lipinski definition) is 1. The van der Waals surface area contributed by atoms with E-state index in [4.69, 9.17) is 10.00 Å². The first-order chi connectivity index (χ1) is 16.2. The van der Waals surface area contributed by atoms with Crippen LogP contribution >= 0.6 is 0 Å².